The van der Waals surface area contributed by atoms with Gasteiger partial charge in [-0.25, -0.2) is 0 Å². The predicted molar refractivity (Wildman–Crippen MR) is 90.5 cm³/mol. The third-order valence-electron chi connectivity index (χ3n) is 4.76. The Morgan fingerprint density at radius 2 is 2.04 bits per heavy atom. The fourth-order valence-corrected chi connectivity index (χ4v) is 3.58. The quantitative estimate of drug-likeness (QED) is 0.794. The molecule has 0 radical (unpaired) electrons. The summed E-state index contributed by atoms with van der Waals surface area (Å²) in [7, 11) is 0. The highest BCUT2D eigenvalue weighted by atomic mass is 35.5. The van der Waals surface area contributed by atoms with Crippen LogP contribution in [0.5, 0.6) is 0 Å². The standard InChI is InChI=1S/C17H22ClN3O2/c1-10-11(18)5-4-8-12(10)20-16(22)9-15-17(23)21-14-7-3-2-6-13(14)19-15/h4-5,8,13-15,19H,2-3,6-7,9H2,1H3,(H,20,22)(H,21,23)/t13-,14+,15+/m1/s1. The van der Waals surface area contributed by atoms with Gasteiger partial charge in [-0.15, -0.1) is 0 Å². The lowest BCUT2D eigenvalue weighted by atomic mass is 9.87. The minimum Gasteiger partial charge on any atom is -0.350 e. The van der Waals surface area contributed by atoms with Gasteiger partial charge in [0.25, 0.3) is 0 Å². The number of hydrogen-bond donors (Lipinski definition) is 3. The molecular weight excluding hydrogens is 314 g/mol. The second-order valence-corrected chi connectivity index (χ2v) is 6.80. The maximum absolute atomic E-state index is 12.3. The number of benzene rings is 1. The molecule has 0 bridgehead atoms. The molecule has 1 saturated carbocycles. The average molecular weight is 336 g/mol. The van der Waals surface area contributed by atoms with Crippen molar-refractivity contribution in [2.45, 2.75) is 57.2 Å². The van der Waals surface area contributed by atoms with E-state index in [1.165, 1.54) is 6.42 Å². The SMILES string of the molecule is Cc1c(Cl)cccc1NC(=O)C[C@@H]1N[C@@H]2CCCC[C@@H]2NC1=O. The number of anilines is 1. The molecule has 5 nitrogen and oxygen atoms in total. The van der Waals surface area contributed by atoms with E-state index in [0.717, 1.165) is 24.8 Å². The molecule has 1 saturated heterocycles. The van der Waals surface area contributed by atoms with Crippen molar-refractivity contribution < 1.29 is 9.59 Å². The second-order valence-electron chi connectivity index (χ2n) is 6.39. The van der Waals surface area contributed by atoms with Crippen LogP contribution in [-0.2, 0) is 9.59 Å². The molecule has 3 N–H and O–H groups in total. The molecule has 3 atom stereocenters. The fraction of sp³-hybridized carbons (Fsp3) is 0.529. The lowest BCUT2D eigenvalue weighted by molar-refractivity contribution is -0.129. The normalized spacial score (nSPS) is 27.0. The molecule has 3 rings (SSSR count). The zero-order valence-electron chi connectivity index (χ0n) is 13.2. The Balaban J connectivity index is 1.61. The zero-order chi connectivity index (χ0) is 16.4. The van der Waals surface area contributed by atoms with Crippen LogP contribution in [0.4, 0.5) is 5.69 Å². The summed E-state index contributed by atoms with van der Waals surface area (Å²) in [6, 6.07) is 5.42. The van der Waals surface area contributed by atoms with E-state index in [4.69, 9.17) is 11.6 Å². The summed E-state index contributed by atoms with van der Waals surface area (Å²) >= 11 is 6.06. The van der Waals surface area contributed by atoms with Gasteiger partial charge >= 0.3 is 0 Å². The summed E-state index contributed by atoms with van der Waals surface area (Å²) in [5, 5.41) is 9.86. The fourth-order valence-electron chi connectivity index (χ4n) is 3.40. The first-order valence-corrected chi connectivity index (χ1v) is 8.54. The van der Waals surface area contributed by atoms with Gasteiger partial charge in [0.2, 0.25) is 11.8 Å². The van der Waals surface area contributed by atoms with Gasteiger partial charge < -0.3 is 16.0 Å². The van der Waals surface area contributed by atoms with E-state index < -0.39 is 6.04 Å². The van der Waals surface area contributed by atoms with Gasteiger partial charge in [0.15, 0.2) is 0 Å². The first-order chi connectivity index (χ1) is 11.0. The molecule has 124 valence electrons. The van der Waals surface area contributed by atoms with Crippen LogP contribution in [0.25, 0.3) is 0 Å². The van der Waals surface area contributed by atoms with E-state index in [0.29, 0.717) is 10.7 Å². The van der Waals surface area contributed by atoms with Gasteiger partial charge in [-0.3, -0.25) is 9.59 Å². The number of piperazine rings is 1. The van der Waals surface area contributed by atoms with Crippen LogP contribution >= 0.6 is 11.6 Å². The molecule has 1 heterocycles. The van der Waals surface area contributed by atoms with Gasteiger partial charge in [0.05, 0.1) is 12.5 Å². The molecule has 0 spiro atoms. The molecule has 2 fully saturated rings. The summed E-state index contributed by atoms with van der Waals surface area (Å²) < 4.78 is 0. The van der Waals surface area contributed by atoms with Crippen molar-refractivity contribution >= 4 is 29.1 Å². The van der Waals surface area contributed by atoms with Crippen LogP contribution in [0.15, 0.2) is 18.2 Å². The van der Waals surface area contributed by atoms with Crippen LogP contribution in [0.2, 0.25) is 5.02 Å². The van der Waals surface area contributed by atoms with E-state index in [1.807, 2.05) is 13.0 Å². The largest absolute Gasteiger partial charge is 0.350 e. The van der Waals surface area contributed by atoms with E-state index in [2.05, 4.69) is 16.0 Å². The molecule has 0 unspecified atom stereocenters. The minimum absolute atomic E-state index is 0.0777. The van der Waals surface area contributed by atoms with Crippen molar-refractivity contribution in [2.24, 2.45) is 0 Å². The van der Waals surface area contributed by atoms with E-state index in [9.17, 15) is 9.59 Å². The Morgan fingerprint density at radius 1 is 1.30 bits per heavy atom. The topological polar surface area (TPSA) is 70.2 Å². The van der Waals surface area contributed by atoms with Crippen molar-refractivity contribution in [1.82, 2.24) is 10.6 Å². The maximum Gasteiger partial charge on any atom is 0.237 e. The van der Waals surface area contributed by atoms with Crippen molar-refractivity contribution in [1.29, 1.82) is 0 Å². The van der Waals surface area contributed by atoms with E-state index in [-0.39, 0.29) is 30.3 Å². The molecule has 1 aliphatic carbocycles. The van der Waals surface area contributed by atoms with Crippen molar-refractivity contribution in [3.63, 3.8) is 0 Å². The summed E-state index contributed by atoms with van der Waals surface area (Å²) in [6.07, 6.45) is 4.52. The monoisotopic (exact) mass is 335 g/mol. The average Bonchev–Trinajstić information content (AvgIpc) is 2.52. The second kappa shape index (κ2) is 6.89. The smallest absolute Gasteiger partial charge is 0.237 e. The highest BCUT2D eigenvalue weighted by Crippen LogP contribution is 2.24. The van der Waals surface area contributed by atoms with E-state index in [1.54, 1.807) is 12.1 Å². The van der Waals surface area contributed by atoms with Gasteiger partial charge in [-0.2, -0.15) is 0 Å². The summed E-state index contributed by atoms with van der Waals surface area (Å²) in [5.74, 6) is -0.261. The molecule has 2 amide bonds. The first kappa shape index (κ1) is 16.3. The molecule has 2 aliphatic rings. The Labute approximate surface area is 141 Å². The van der Waals surface area contributed by atoms with Gasteiger partial charge in [-0.05, 0) is 37.5 Å². The molecule has 23 heavy (non-hydrogen) atoms. The summed E-state index contributed by atoms with van der Waals surface area (Å²) in [6.45, 7) is 1.86. The molecular formula is C17H22ClN3O2. The number of rotatable bonds is 3. The van der Waals surface area contributed by atoms with Gasteiger partial charge in [0, 0.05) is 22.8 Å². The Bertz CT molecular complexity index is 620. The summed E-state index contributed by atoms with van der Waals surface area (Å²) in [5.41, 5.74) is 1.52. The molecule has 1 aromatic rings. The lowest BCUT2D eigenvalue weighted by Crippen LogP contribution is -2.65. The van der Waals surface area contributed by atoms with Crippen LogP contribution in [0.3, 0.4) is 0 Å². The maximum atomic E-state index is 12.3. The van der Waals surface area contributed by atoms with Crippen molar-refractivity contribution in [2.75, 3.05) is 5.32 Å². The van der Waals surface area contributed by atoms with Crippen LogP contribution in [-0.4, -0.2) is 29.9 Å². The Hall–Kier alpha value is -1.59. The number of amides is 2. The van der Waals surface area contributed by atoms with Crippen LogP contribution < -0.4 is 16.0 Å². The molecule has 0 aromatic heterocycles. The number of nitrogens with one attached hydrogen (secondary N) is 3. The predicted octanol–water partition coefficient (Wildman–Crippen LogP) is 2.38. The number of fused-ring (bicyclic) bond motifs is 1. The van der Waals surface area contributed by atoms with Crippen LogP contribution in [0.1, 0.15) is 37.7 Å². The van der Waals surface area contributed by atoms with E-state index >= 15 is 0 Å². The third-order valence-corrected chi connectivity index (χ3v) is 5.17. The summed E-state index contributed by atoms with van der Waals surface area (Å²) in [4.78, 5) is 24.5. The number of carbonyl (C=O) groups is 2. The molecule has 1 aromatic carbocycles. The van der Waals surface area contributed by atoms with Gasteiger partial charge in [0.1, 0.15) is 0 Å². The van der Waals surface area contributed by atoms with Crippen molar-refractivity contribution in [3.8, 4) is 0 Å². The first-order valence-electron chi connectivity index (χ1n) is 8.16. The third kappa shape index (κ3) is 3.67. The van der Waals surface area contributed by atoms with Crippen LogP contribution in [0, 0.1) is 6.92 Å². The van der Waals surface area contributed by atoms with Crippen molar-refractivity contribution in [3.05, 3.63) is 28.8 Å². The number of halogens is 1. The highest BCUT2D eigenvalue weighted by molar-refractivity contribution is 6.31. The molecule has 6 heteroatoms. The Morgan fingerprint density at radius 3 is 2.83 bits per heavy atom. The van der Waals surface area contributed by atoms with Gasteiger partial charge in [-0.1, -0.05) is 30.5 Å². The minimum atomic E-state index is -0.464. The highest BCUT2D eigenvalue weighted by Gasteiger charge is 2.36. The molecule has 1 aliphatic heterocycles. The Kier molecular flexibility index (Phi) is 4.87. The lowest BCUT2D eigenvalue weighted by Gasteiger charge is -2.40. The number of hydrogen-bond acceptors (Lipinski definition) is 3. The zero-order valence-corrected chi connectivity index (χ0v) is 14.0. The number of carbonyl (C=O) groups excluding carboxylic acids is 2.